The number of aromatic nitrogens is 2. The number of Topliss-reactive ketones (excluding diaryl/α,β-unsaturated/α-hetero) is 2. The largest absolute Gasteiger partial charge is 0.496 e. The molecule has 0 bridgehead atoms. The van der Waals surface area contributed by atoms with E-state index in [1.165, 1.54) is 11.3 Å². The second-order valence-corrected chi connectivity index (χ2v) is 18.4. The highest BCUT2D eigenvalue weighted by atomic mass is 32.2. The van der Waals surface area contributed by atoms with Crippen molar-refractivity contribution in [3.63, 3.8) is 0 Å². The van der Waals surface area contributed by atoms with Crippen LogP contribution in [0.25, 0.3) is 21.6 Å². The maximum Gasteiger partial charge on any atom is 0.240 e. The van der Waals surface area contributed by atoms with Crippen LogP contribution < -0.4 is 14.2 Å². The Morgan fingerprint density at radius 1 is 1.02 bits per heavy atom. The van der Waals surface area contributed by atoms with Crippen LogP contribution in [0.3, 0.4) is 0 Å². The molecule has 0 spiro atoms. The summed E-state index contributed by atoms with van der Waals surface area (Å²) >= 11 is 1.53. The lowest BCUT2D eigenvalue weighted by Gasteiger charge is -2.21. The number of hydrogen-bond donors (Lipinski definition) is 1. The number of rotatable bonds is 8. The van der Waals surface area contributed by atoms with Gasteiger partial charge in [0.1, 0.15) is 39.9 Å². The summed E-state index contributed by atoms with van der Waals surface area (Å²) in [6, 6.07) is 5.73. The highest BCUT2D eigenvalue weighted by Gasteiger charge is 2.61. The Kier molecular flexibility index (Phi) is 10.3. The molecule has 1 amide bonds. The van der Waals surface area contributed by atoms with Crippen molar-refractivity contribution < 1.29 is 32.3 Å². The molecular weight excluding hydrogens is 699 g/mol. The van der Waals surface area contributed by atoms with Gasteiger partial charge in [-0.1, -0.05) is 38.8 Å². The second kappa shape index (κ2) is 14.6. The van der Waals surface area contributed by atoms with Gasteiger partial charge < -0.3 is 9.47 Å². The topological polar surface area (TPSA) is 142 Å². The van der Waals surface area contributed by atoms with Crippen LogP contribution >= 0.6 is 11.3 Å². The van der Waals surface area contributed by atoms with Crippen molar-refractivity contribution in [3.05, 3.63) is 47.0 Å². The van der Waals surface area contributed by atoms with Crippen LogP contribution in [0.2, 0.25) is 0 Å². The predicted molar refractivity (Wildman–Crippen MR) is 201 cm³/mol. The molecule has 3 fully saturated rings. The number of nitrogens with zero attached hydrogens (tertiary/aromatic N) is 2. The van der Waals surface area contributed by atoms with E-state index >= 15 is 0 Å². The number of carbonyl (C=O) groups excluding carboxylic acids is 3. The number of sulfonamides is 1. The average Bonchev–Trinajstić information content (AvgIpc) is 3.98. The Bertz CT molecular complexity index is 2020. The molecule has 0 aliphatic heterocycles. The average molecular weight is 748 g/mol. The minimum Gasteiger partial charge on any atom is -0.496 e. The third kappa shape index (κ3) is 7.42. The molecule has 1 N–H and O–H groups in total. The van der Waals surface area contributed by atoms with E-state index in [0.29, 0.717) is 55.7 Å². The monoisotopic (exact) mass is 747 g/mol. The van der Waals surface area contributed by atoms with Gasteiger partial charge in [-0.2, -0.15) is 0 Å². The van der Waals surface area contributed by atoms with Crippen LogP contribution in [0.1, 0.15) is 108 Å². The summed E-state index contributed by atoms with van der Waals surface area (Å²) in [6.07, 6.45) is 10.6. The highest BCUT2D eigenvalue weighted by molar-refractivity contribution is 7.90. The molecule has 2 aromatic heterocycles. The van der Waals surface area contributed by atoms with Crippen molar-refractivity contribution in [2.24, 2.45) is 23.2 Å². The molecule has 52 heavy (non-hydrogen) atoms. The zero-order chi connectivity index (χ0) is 36.8. The summed E-state index contributed by atoms with van der Waals surface area (Å²) in [6.45, 7) is 6.17. The molecule has 278 valence electrons. The quantitative estimate of drug-likeness (QED) is 0.230. The van der Waals surface area contributed by atoms with E-state index in [0.717, 1.165) is 59.3 Å². The number of thiazole rings is 1. The first-order valence-electron chi connectivity index (χ1n) is 18.8. The molecule has 3 aromatic rings. The summed E-state index contributed by atoms with van der Waals surface area (Å²) in [5.74, 6) is -0.504. The van der Waals surface area contributed by atoms with Crippen LogP contribution in [0.15, 0.2) is 35.7 Å². The molecule has 5 atom stereocenters. The molecule has 10 nitrogen and oxygen atoms in total. The van der Waals surface area contributed by atoms with Gasteiger partial charge in [0, 0.05) is 47.1 Å². The number of ketones is 2. The number of carbonyl (C=O) groups is 3. The lowest BCUT2D eigenvalue weighted by Crippen LogP contribution is -2.41. The molecule has 4 aliphatic rings. The van der Waals surface area contributed by atoms with Crippen molar-refractivity contribution in [1.29, 1.82) is 0 Å². The van der Waals surface area contributed by atoms with Crippen molar-refractivity contribution in [2.45, 2.75) is 115 Å². The number of fused-ring (bicyclic) bond motifs is 3. The SMILES string of the molecule is COc1ccc2c(O[C@H]3C[C@H]4C(=O)CCCCCC/C=C\[C@H]5C[C@@]5(C(=O)NS(=O)(=O)C5CC5)CC(=O)[C@@H]4C3)cc(-c3nc(C(C)C)cs3)nc2c1C. The van der Waals surface area contributed by atoms with Gasteiger partial charge in [0.25, 0.3) is 0 Å². The van der Waals surface area contributed by atoms with E-state index in [2.05, 4.69) is 24.6 Å². The van der Waals surface area contributed by atoms with Crippen LogP contribution in [0.5, 0.6) is 11.5 Å². The van der Waals surface area contributed by atoms with Crippen molar-refractivity contribution in [1.82, 2.24) is 14.7 Å². The van der Waals surface area contributed by atoms with Crippen molar-refractivity contribution >= 4 is 49.7 Å². The molecule has 3 saturated carbocycles. The predicted octanol–water partition coefficient (Wildman–Crippen LogP) is 7.63. The van der Waals surface area contributed by atoms with Gasteiger partial charge in [-0.25, -0.2) is 18.4 Å². The minimum atomic E-state index is -3.78. The van der Waals surface area contributed by atoms with Crippen molar-refractivity contribution in [2.75, 3.05) is 7.11 Å². The molecule has 4 aliphatic carbocycles. The van der Waals surface area contributed by atoms with E-state index in [-0.39, 0.29) is 29.8 Å². The lowest BCUT2D eigenvalue weighted by molar-refractivity contribution is -0.134. The molecule has 1 aromatic carbocycles. The van der Waals surface area contributed by atoms with Gasteiger partial charge in [0.15, 0.2) is 0 Å². The molecule has 7 rings (SSSR count). The maximum atomic E-state index is 14.4. The number of allylic oxidation sites excluding steroid dienone is 2. The number of aryl methyl sites for hydroxylation is 1. The second-order valence-electron chi connectivity index (χ2n) is 15.6. The van der Waals surface area contributed by atoms with Crippen LogP contribution in [0, 0.1) is 30.1 Å². The van der Waals surface area contributed by atoms with Gasteiger partial charge in [-0.3, -0.25) is 19.1 Å². The number of methoxy groups -OCH3 is 1. The summed E-state index contributed by atoms with van der Waals surface area (Å²) in [5.41, 5.74) is 2.14. The first-order valence-corrected chi connectivity index (χ1v) is 21.2. The lowest BCUT2D eigenvalue weighted by atomic mass is 9.82. The van der Waals surface area contributed by atoms with Crippen LogP contribution in [0.4, 0.5) is 0 Å². The Labute approximate surface area is 310 Å². The summed E-state index contributed by atoms with van der Waals surface area (Å²) in [7, 11) is -2.15. The summed E-state index contributed by atoms with van der Waals surface area (Å²) in [4.78, 5) is 51.8. The van der Waals surface area contributed by atoms with Gasteiger partial charge in [0.05, 0.1) is 29.0 Å². The third-order valence-electron chi connectivity index (χ3n) is 11.5. The molecule has 2 heterocycles. The molecule has 0 saturated heterocycles. The number of hydrogen-bond acceptors (Lipinski definition) is 10. The highest BCUT2D eigenvalue weighted by Crippen LogP contribution is 2.58. The number of benzene rings is 1. The minimum absolute atomic E-state index is 0.0597. The molecule has 12 heteroatoms. The number of ether oxygens (including phenoxy) is 2. The van der Waals surface area contributed by atoms with Gasteiger partial charge in [0.2, 0.25) is 15.9 Å². The van der Waals surface area contributed by atoms with Crippen LogP contribution in [-0.4, -0.2) is 54.3 Å². The first kappa shape index (κ1) is 36.7. The molecule has 0 unspecified atom stereocenters. The van der Waals surface area contributed by atoms with Gasteiger partial charge in [-0.15, -0.1) is 11.3 Å². The van der Waals surface area contributed by atoms with E-state index in [1.807, 2.05) is 36.6 Å². The zero-order valence-corrected chi connectivity index (χ0v) is 32.1. The summed E-state index contributed by atoms with van der Waals surface area (Å²) < 4.78 is 40.4. The van der Waals surface area contributed by atoms with E-state index in [4.69, 9.17) is 19.4 Å². The fourth-order valence-corrected chi connectivity index (χ4v) is 10.4. The van der Waals surface area contributed by atoms with Crippen molar-refractivity contribution in [3.8, 4) is 22.2 Å². The Morgan fingerprint density at radius 3 is 2.48 bits per heavy atom. The third-order valence-corrected chi connectivity index (χ3v) is 14.2. The fraction of sp³-hybridized carbons (Fsp3) is 0.575. The number of pyridine rings is 1. The van der Waals surface area contributed by atoms with Crippen LogP contribution in [-0.2, 0) is 24.4 Å². The fourth-order valence-electron chi connectivity index (χ4n) is 8.08. The summed E-state index contributed by atoms with van der Waals surface area (Å²) in [5, 5.41) is 3.08. The maximum absolute atomic E-state index is 14.4. The molecule has 0 radical (unpaired) electrons. The van der Waals surface area contributed by atoms with E-state index < -0.39 is 44.5 Å². The van der Waals surface area contributed by atoms with Gasteiger partial charge in [-0.05, 0) is 82.3 Å². The Balaban J connectivity index is 1.20. The Morgan fingerprint density at radius 2 is 1.77 bits per heavy atom. The van der Waals surface area contributed by atoms with E-state index in [1.54, 1.807) is 7.11 Å². The molecular formula is C40H49N3O7S2. The zero-order valence-electron chi connectivity index (χ0n) is 30.5. The van der Waals surface area contributed by atoms with E-state index in [9.17, 15) is 22.8 Å². The number of nitrogens with one attached hydrogen (secondary N) is 1. The normalized spacial score (nSPS) is 27.7. The Hall–Kier alpha value is -3.64. The smallest absolute Gasteiger partial charge is 0.240 e. The van der Waals surface area contributed by atoms with Gasteiger partial charge >= 0.3 is 0 Å². The standard InChI is InChI=1S/C40H49N3O7S2/c1-23(2)32-22-51-38(42-32)31-19-36(28-15-16-35(49-4)24(3)37(28)41-31)50-26-17-29-30(18-26)34(45)21-40(39(46)43-52(47,48)27-13-14-27)20-25(40)11-9-7-5-6-8-10-12-33(29)44/h9,11,15-16,19,22-23,25-27,29-30H,5-8,10,12-14,17-18,20-21H2,1-4H3,(H,43,46)/b11-9-/t25-,26-,29+,30+,40+/m0/s1. The first-order chi connectivity index (χ1) is 24.9. The number of amides is 1.